The quantitative estimate of drug-likeness (QED) is 0.178. The van der Waals surface area contributed by atoms with E-state index in [9.17, 15) is 18.0 Å². The molecule has 236 valence electrons. The van der Waals surface area contributed by atoms with Crippen molar-refractivity contribution in [3.05, 3.63) is 131 Å². The number of aryl methyl sites for hydroxylation is 2. The second-order valence-electron chi connectivity index (χ2n) is 11.3. The van der Waals surface area contributed by atoms with Gasteiger partial charge in [0.05, 0.1) is 10.6 Å². The van der Waals surface area contributed by atoms with Gasteiger partial charge >= 0.3 is 0 Å². The van der Waals surface area contributed by atoms with Gasteiger partial charge in [0.15, 0.2) is 0 Å². The van der Waals surface area contributed by atoms with Gasteiger partial charge in [-0.15, -0.1) is 0 Å². The number of benzene rings is 4. The maximum Gasteiger partial charge on any atom is 0.264 e. The molecule has 0 aliphatic carbocycles. The molecular weight excluding hydrogens is 582 g/mol. The van der Waals surface area contributed by atoms with Crippen LogP contribution < -0.4 is 9.62 Å². The fourth-order valence-electron chi connectivity index (χ4n) is 5.25. The molecule has 4 aromatic carbocycles. The molecule has 0 aliphatic rings. The number of sulfonamides is 1. The molecule has 0 aliphatic heterocycles. The molecule has 0 bridgehead atoms. The molecule has 0 radical (unpaired) electrons. The summed E-state index contributed by atoms with van der Waals surface area (Å²) < 4.78 is 29.6. The molecule has 0 saturated heterocycles. The van der Waals surface area contributed by atoms with Gasteiger partial charge in [-0.3, -0.25) is 13.9 Å². The third-order valence-electron chi connectivity index (χ3n) is 8.13. The van der Waals surface area contributed by atoms with Crippen LogP contribution in [0.15, 0.2) is 114 Å². The van der Waals surface area contributed by atoms with E-state index in [1.165, 1.54) is 16.4 Å². The van der Waals surface area contributed by atoms with Crippen LogP contribution in [0.3, 0.4) is 0 Å². The van der Waals surface area contributed by atoms with E-state index in [4.69, 9.17) is 0 Å². The first kappa shape index (κ1) is 33.5. The molecule has 4 aromatic rings. The number of rotatable bonds is 14. The second kappa shape index (κ2) is 15.5. The molecule has 2 atom stereocenters. The van der Waals surface area contributed by atoms with Crippen LogP contribution in [-0.4, -0.2) is 43.8 Å². The number of carbonyl (C=O) groups is 2. The minimum Gasteiger partial charge on any atom is -0.352 e. The molecule has 0 spiro atoms. The van der Waals surface area contributed by atoms with E-state index < -0.39 is 28.5 Å². The zero-order chi connectivity index (χ0) is 32.4. The van der Waals surface area contributed by atoms with E-state index in [1.807, 2.05) is 94.4 Å². The van der Waals surface area contributed by atoms with E-state index in [-0.39, 0.29) is 29.8 Å². The normalized spacial score (nSPS) is 12.6. The molecule has 1 N–H and O–H groups in total. The van der Waals surface area contributed by atoms with Crippen molar-refractivity contribution in [2.45, 2.75) is 70.5 Å². The predicted octanol–water partition coefficient (Wildman–Crippen LogP) is 6.31. The third kappa shape index (κ3) is 8.39. The molecule has 7 nitrogen and oxygen atoms in total. The Kier molecular flexibility index (Phi) is 11.5. The Balaban J connectivity index is 1.84. The Bertz CT molecular complexity index is 1680. The molecule has 4 rings (SSSR count). The zero-order valence-corrected chi connectivity index (χ0v) is 27.3. The summed E-state index contributed by atoms with van der Waals surface area (Å²) in [4.78, 5) is 30.3. The van der Waals surface area contributed by atoms with Gasteiger partial charge < -0.3 is 10.2 Å². The Labute approximate surface area is 268 Å². The smallest absolute Gasteiger partial charge is 0.264 e. The first-order valence-electron chi connectivity index (χ1n) is 15.5. The number of amides is 2. The lowest BCUT2D eigenvalue weighted by molar-refractivity contribution is -0.140. The molecule has 45 heavy (non-hydrogen) atoms. The monoisotopic (exact) mass is 625 g/mol. The second-order valence-corrected chi connectivity index (χ2v) is 13.1. The Morgan fingerprint density at radius 2 is 1.36 bits per heavy atom. The van der Waals surface area contributed by atoms with Crippen LogP contribution in [0.25, 0.3) is 0 Å². The Hall–Kier alpha value is -4.43. The van der Waals surface area contributed by atoms with Crippen LogP contribution in [0.5, 0.6) is 0 Å². The highest BCUT2D eigenvalue weighted by Crippen LogP contribution is 2.28. The van der Waals surface area contributed by atoms with Crippen molar-refractivity contribution in [2.75, 3.05) is 10.8 Å². The first-order valence-corrected chi connectivity index (χ1v) is 16.9. The molecule has 8 heteroatoms. The summed E-state index contributed by atoms with van der Waals surface area (Å²) in [6.45, 7) is 7.51. The summed E-state index contributed by atoms with van der Waals surface area (Å²) in [7, 11) is -4.14. The van der Waals surface area contributed by atoms with Gasteiger partial charge in [-0.25, -0.2) is 8.42 Å². The number of nitrogens with one attached hydrogen (secondary N) is 1. The lowest BCUT2D eigenvalue weighted by Crippen LogP contribution is -2.54. The standard InChI is InChI=1S/C37H43N3O4S/c1-5-29(4)38-37(42)35(25-30-18-9-7-10-19-30)39(26-32-21-14-13-17-28(32)3)36(41)27-40(34-24-16-15-20-31(34)6-2)45(43,44)33-22-11-8-12-23-33/h7-24,29,35H,5-6,25-27H2,1-4H3,(H,38,42). The summed E-state index contributed by atoms with van der Waals surface area (Å²) in [5, 5.41) is 3.08. The highest BCUT2D eigenvalue weighted by atomic mass is 32.2. The van der Waals surface area contributed by atoms with E-state index in [0.717, 1.165) is 28.7 Å². The molecule has 0 saturated carbocycles. The number of anilines is 1. The fourth-order valence-corrected chi connectivity index (χ4v) is 6.73. The van der Waals surface area contributed by atoms with E-state index >= 15 is 0 Å². The van der Waals surface area contributed by atoms with Crippen molar-refractivity contribution in [3.8, 4) is 0 Å². The number of para-hydroxylation sites is 1. The molecule has 0 fully saturated rings. The van der Waals surface area contributed by atoms with Gasteiger partial charge in [0.25, 0.3) is 10.0 Å². The van der Waals surface area contributed by atoms with Crippen LogP contribution >= 0.6 is 0 Å². The van der Waals surface area contributed by atoms with Gasteiger partial charge in [0.1, 0.15) is 12.6 Å². The van der Waals surface area contributed by atoms with Crippen molar-refractivity contribution in [1.29, 1.82) is 0 Å². The minimum absolute atomic E-state index is 0.0875. The summed E-state index contributed by atoms with van der Waals surface area (Å²) >= 11 is 0. The number of hydrogen-bond donors (Lipinski definition) is 1. The fraction of sp³-hybridized carbons (Fsp3) is 0.297. The van der Waals surface area contributed by atoms with Gasteiger partial charge in [0.2, 0.25) is 11.8 Å². The van der Waals surface area contributed by atoms with E-state index in [0.29, 0.717) is 12.1 Å². The van der Waals surface area contributed by atoms with Crippen LogP contribution in [-0.2, 0) is 39.0 Å². The van der Waals surface area contributed by atoms with Gasteiger partial charge in [-0.05, 0) is 67.1 Å². The van der Waals surface area contributed by atoms with Crippen molar-refractivity contribution in [2.24, 2.45) is 0 Å². The largest absolute Gasteiger partial charge is 0.352 e. The van der Waals surface area contributed by atoms with Gasteiger partial charge in [0, 0.05) is 19.0 Å². The summed E-state index contributed by atoms with van der Waals surface area (Å²) in [6, 6.07) is 31.7. The van der Waals surface area contributed by atoms with E-state index in [2.05, 4.69) is 5.32 Å². The molecule has 2 amide bonds. The zero-order valence-electron chi connectivity index (χ0n) is 26.5. The van der Waals surface area contributed by atoms with Crippen LogP contribution in [0, 0.1) is 6.92 Å². The van der Waals surface area contributed by atoms with Gasteiger partial charge in [-0.2, -0.15) is 0 Å². The summed E-state index contributed by atoms with van der Waals surface area (Å²) in [6.07, 6.45) is 1.58. The summed E-state index contributed by atoms with van der Waals surface area (Å²) in [5.41, 5.74) is 3.99. The van der Waals surface area contributed by atoms with E-state index in [1.54, 1.807) is 35.2 Å². The van der Waals surface area contributed by atoms with Crippen LogP contribution in [0.4, 0.5) is 5.69 Å². The maximum absolute atomic E-state index is 14.7. The molecule has 0 heterocycles. The van der Waals surface area contributed by atoms with Crippen molar-refractivity contribution >= 4 is 27.5 Å². The SMILES string of the molecule is CCc1ccccc1N(CC(=O)N(Cc1ccccc1C)C(Cc1ccccc1)C(=O)NC(C)CC)S(=O)(=O)c1ccccc1. The Morgan fingerprint density at radius 3 is 1.98 bits per heavy atom. The van der Waals surface area contributed by atoms with Crippen LogP contribution in [0.1, 0.15) is 49.4 Å². The number of nitrogens with zero attached hydrogens (tertiary/aromatic N) is 2. The minimum atomic E-state index is -4.14. The lowest BCUT2D eigenvalue weighted by atomic mass is 10.0. The highest BCUT2D eigenvalue weighted by molar-refractivity contribution is 7.92. The Morgan fingerprint density at radius 1 is 0.778 bits per heavy atom. The maximum atomic E-state index is 14.7. The van der Waals surface area contributed by atoms with Crippen molar-refractivity contribution < 1.29 is 18.0 Å². The lowest BCUT2D eigenvalue weighted by Gasteiger charge is -2.35. The molecular formula is C37H43N3O4S. The average molecular weight is 626 g/mol. The average Bonchev–Trinajstić information content (AvgIpc) is 3.06. The molecule has 2 unspecified atom stereocenters. The number of carbonyl (C=O) groups excluding carboxylic acids is 2. The van der Waals surface area contributed by atoms with Crippen molar-refractivity contribution in [1.82, 2.24) is 10.2 Å². The topological polar surface area (TPSA) is 86.8 Å². The first-order chi connectivity index (χ1) is 21.6. The van der Waals surface area contributed by atoms with Crippen LogP contribution in [0.2, 0.25) is 0 Å². The number of hydrogen-bond acceptors (Lipinski definition) is 4. The predicted molar refractivity (Wildman–Crippen MR) is 180 cm³/mol. The van der Waals surface area contributed by atoms with Gasteiger partial charge in [-0.1, -0.05) is 105 Å². The third-order valence-corrected chi connectivity index (χ3v) is 9.90. The summed E-state index contributed by atoms with van der Waals surface area (Å²) in [5.74, 6) is -0.745. The molecule has 0 aromatic heterocycles. The highest BCUT2D eigenvalue weighted by Gasteiger charge is 2.35. The van der Waals surface area contributed by atoms with Crippen molar-refractivity contribution in [3.63, 3.8) is 0 Å².